The molecular formula is C17H22FNO3. The van der Waals surface area contributed by atoms with Gasteiger partial charge >= 0.3 is 5.97 Å². The van der Waals surface area contributed by atoms with Crippen LogP contribution in [0.5, 0.6) is 0 Å². The Morgan fingerprint density at radius 1 is 1.27 bits per heavy atom. The van der Waals surface area contributed by atoms with E-state index in [4.69, 9.17) is 0 Å². The van der Waals surface area contributed by atoms with E-state index in [9.17, 15) is 19.1 Å². The number of hydrogen-bond acceptors (Lipinski definition) is 2. The highest BCUT2D eigenvalue weighted by Gasteiger charge is 2.43. The Labute approximate surface area is 129 Å². The highest BCUT2D eigenvalue weighted by molar-refractivity contribution is 5.91. The van der Waals surface area contributed by atoms with E-state index in [1.807, 2.05) is 6.92 Å². The molecule has 1 saturated carbocycles. The lowest BCUT2D eigenvalue weighted by molar-refractivity contribution is -0.143. The second-order valence-corrected chi connectivity index (χ2v) is 5.95. The fourth-order valence-corrected chi connectivity index (χ4v) is 3.24. The van der Waals surface area contributed by atoms with Crippen LogP contribution in [0.3, 0.4) is 0 Å². The summed E-state index contributed by atoms with van der Waals surface area (Å²) in [6, 6.07) is 5.11. The van der Waals surface area contributed by atoms with Crippen LogP contribution in [0.4, 0.5) is 4.39 Å². The zero-order valence-corrected chi connectivity index (χ0v) is 12.8. The third kappa shape index (κ3) is 3.29. The summed E-state index contributed by atoms with van der Waals surface area (Å²) in [6.07, 6.45) is 4.25. The largest absolute Gasteiger partial charge is 0.480 e. The fraction of sp³-hybridized carbons (Fsp3) is 0.529. The molecule has 0 saturated heterocycles. The molecule has 1 aromatic rings. The molecule has 5 heteroatoms. The number of carbonyl (C=O) groups excluding carboxylic acids is 1. The molecule has 0 aromatic heterocycles. The van der Waals surface area contributed by atoms with Crippen LogP contribution in [-0.2, 0) is 15.0 Å². The summed E-state index contributed by atoms with van der Waals surface area (Å²) in [5.41, 5.74) is 0.0410. The zero-order valence-electron chi connectivity index (χ0n) is 12.8. The first-order valence-electron chi connectivity index (χ1n) is 7.79. The quantitative estimate of drug-likeness (QED) is 0.849. The molecule has 2 rings (SSSR count). The van der Waals surface area contributed by atoms with Gasteiger partial charge in [0.15, 0.2) is 0 Å². The van der Waals surface area contributed by atoms with Crippen molar-refractivity contribution < 1.29 is 19.1 Å². The third-order valence-corrected chi connectivity index (χ3v) is 4.47. The fourth-order valence-electron chi connectivity index (χ4n) is 3.24. The number of benzene rings is 1. The third-order valence-electron chi connectivity index (χ3n) is 4.47. The molecule has 1 aliphatic carbocycles. The van der Waals surface area contributed by atoms with E-state index >= 15 is 0 Å². The van der Waals surface area contributed by atoms with E-state index in [0.717, 1.165) is 18.4 Å². The molecule has 22 heavy (non-hydrogen) atoms. The summed E-state index contributed by atoms with van der Waals surface area (Å²) >= 11 is 0. The molecule has 2 N–H and O–H groups in total. The number of carbonyl (C=O) groups is 2. The first kappa shape index (κ1) is 16.5. The van der Waals surface area contributed by atoms with Crippen molar-refractivity contribution in [3.05, 3.63) is 35.6 Å². The lowest BCUT2D eigenvalue weighted by Gasteiger charge is -2.30. The van der Waals surface area contributed by atoms with Crippen LogP contribution in [0.15, 0.2) is 24.3 Å². The van der Waals surface area contributed by atoms with Crippen molar-refractivity contribution in [2.75, 3.05) is 0 Å². The van der Waals surface area contributed by atoms with Crippen LogP contribution < -0.4 is 5.32 Å². The van der Waals surface area contributed by atoms with E-state index in [1.165, 1.54) is 12.1 Å². The van der Waals surface area contributed by atoms with Crippen molar-refractivity contribution in [2.24, 2.45) is 0 Å². The van der Waals surface area contributed by atoms with Crippen molar-refractivity contribution in [1.82, 2.24) is 5.32 Å². The Bertz CT molecular complexity index is 535. The van der Waals surface area contributed by atoms with Crippen LogP contribution in [0.25, 0.3) is 0 Å². The maximum absolute atomic E-state index is 13.1. The maximum atomic E-state index is 13.1. The Balaban J connectivity index is 2.25. The van der Waals surface area contributed by atoms with Gasteiger partial charge in [0.2, 0.25) is 5.91 Å². The van der Waals surface area contributed by atoms with Gasteiger partial charge in [-0.25, -0.2) is 9.18 Å². The van der Waals surface area contributed by atoms with E-state index < -0.39 is 17.4 Å². The van der Waals surface area contributed by atoms with Crippen LogP contribution in [-0.4, -0.2) is 23.0 Å². The number of rotatable bonds is 6. The first-order chi connectivity index (χ1) is 10.5. The number of carboxylic acids is 1. The standard InChI is InChI=1S/C17H22FNO3/c1-2-5-14(15(20)21)19-16(22)17(10-3-4-11-17)12-6-8-13(18)9-7-12/h6-9,14H,2-5,10-11H2,1H3,(H,19,22)(H,20,21). The number of nitrogens with one attached hydrogen (secondary N) is 1. The summed E-state index contributed by atoms with van der Waals surface area (Å²) in [5, 5.41) is 11.9. The molecule has 0 spiro atoms. The van der Waals surface area contributed by atoms with E-state index in [-0.39, 0.29) is 11.7 Å². The molecule has 1 aromatic carbocycles. The maximum Gasteiger partial charge on any atom is 0.326 e. The summed E-state index contributed by atoms with van der Waals surface area (Å²) in [4.78, 5) is 24.0. The van der Waals surface area contributed by atoms with Gasteiger partial charge in [-0.15, -0.1) is 0 Å². The topological polar surface area (TPSA) is 66.4 Å². The highest BCUT2D eigenvalue weighted by Crippen LogP contribution is 2.41. The predicted octanol–water partition coefficient (Wildman–Crippen LogP) is 3.01. The van der Waals surface area contributed by atoms with Gasteiger partial charge in [-0.1, -0.05) is 38.3 Å². The van der Waals surface area contributed by atoms with Crippen molar-refractivity contribution in [1.29, 1.82) is 0 Å². The van der Waals surface area contributed by atoms with E-state index in [1.54, 1.807) is 12.1 Å². The highest BCUT2D eigenvalue weighted by atomic mass is 19.1. The average molecular weight is 307 g/mol. The van der Waals surface area contributed by atoms with Crippen LogP contribution in [0, 0.1) is 5.82 Å². The lowest BCUT2D eigenvalue weighted by Crippen LogP contribution is -2.49. The second-order valence-electron chi connectivity index (χ2n) is 5.95. The minimum atomic E-state index is -1.01. The average Bonchev–Trinajstić information content (AvgIpc) is 2.98. The molecular weight excluding hydrogens is 285 g/mol. The molecule has 1 amide bonds. The van der Waals surface area contributed by atoms with Crippen LogP contribution >= 0.6 is 0 Å². The van der Waals surface area contributed by atoms with Crippen molar-refractivity contribution in [3.63, 3.8) is 0 Å². The van der Waals surface area contributed by atoms with Gasteiger partial charge in [-0.2, -0.15) is 0 Å². The normalized spacial score (nSPS) is 17.9. The summed E-state index contributed by atoms with van der Waals surface area (Å²) in [7, 11) is 0. The van der Waals surface area contributed by atoms with Gasteiger partial charge in [0.25, 0.3) is 0 Å². The molecule has 1 atom stereocenters. The monoisotopic (exact) mass is 307 g/mol. The van der Waals surface area contributed by atoms with Gasteiger partial charge in [-0.05, 0) is 37.0 Å². The molecule has 0 heterocycles. The number of amides is 1. The summed E-state index contributed by atoms with van der Waals surface area (Å²) in [6.45, 7) is 1.88. The van der Waals surface area contributed by atoms with Crippen LogP contribution in [0.2, 0.25) is 0 Å². The molecule has 4 nitrogen and oxygen atoms in total. The van der Waals surface area contributed by atoms with Gasteiger partial charge < -0.3 is 10.4 Å². The smallest absolute Gasteiger partial charge is 0.326 e. The van der Waals surface area contributed by atoms with Gasteiger partial charge in [0.1, 0.15) is 11.9 Å². The SMILES string of the molecule is CCCC(NC(=O)C1(c2ccc(F)cc2)CCCC1)C(=O)O. The number of aliphatic carboxylic acids is 1. The molecule has 1 aliphatic rings. The molecule has 1 fully saturated rings. The molecule has 0 radical (unpaired) electrons. The molecule has 0 aliphatic heterocycles. The van der Waals surface area contributed by atoms with Gasteiger partial charge in [0.05, 0.1) is 5.41 Å². The number of carboxylic acid groups (broad SMARTS) is 1. The Kier molecular flexibility index (Phi) is 5.16. The minimum Gasteiger partial charge on any atom is -0.480 e. The summed E-state index contributed by atoms with van der Waals surface area (Å²) < 4.78 is 13.1. The van der Waals surface area contributed by atoms with Crippen molar-refractivity contribution in [3.8, 4) is 0 Å². The first-order valence-corrected chi connectivity index (χ1v) is 7.79. The van der Waals surface area contributed by atoms with Gasteiger partial charge in [0, 0.05) is 0 Å². The Morgan fingerprint density at radius 2 is 1.86 bits per heavy atom. The van der Waals surface area contributed by atoms with Gasteiger partial charge in [-0.3, -0.25) is 4.79 Å². The summed E-state index contributed by atoms with van der Waals surface area (Å²) in [5.74, 6) is -1.60. The Morgan fingerprint density at radius 3 is 2.36 bits per heavy atom. The lowest BCUT2D eigenvalue weighted by atomic mass is 9.77. The molecule has 1 unspecified atom stereocenters. The number of hydrogen-bond donors (Lipinski definition) is 2. The molecule has 120 valence electrons. The number of halogens is 1. The van der Waals surface area contributed by atoms with Crippen molar-refractivity contribution in [2.45, 2.75) is 56.9 Å². The zero-order chi connectivity index (χ0) is 16.2. The second kappa shape index (κ2) is 6.90. The minimum absolute atomic E-state index is 0.252. The van der Waals surface area contributed by atoms with E-state index in [2.05, 4.69) is 5.32 Å². The van der Waals surface area contributed by atoms with Crippen LogP contribution in [0.1, 0.15) is 51.0 Å². The van der Waals surface area contributed by atoms with Crippen molar-refractivity contribution >= 4 is 11.9 Å². The molecule has 0 bridgehead atoms. The predicted molar refractivity (Wildman–Crippen MR) is 81.0 cm³/mol. The Hall–Kier alpha value is -1.91. The van der Waals surface area contributed by atoms with E-state index in [0.29, 0.717) is 25.7 Å².